The average molecular weight is 192 g/mol. The molecule has 1 rings (SSSR count). The van der Waals surface area contributed by atoms with Gasteiger partial charge in [-0.1, -0.05) is 24.4 Å². The van der Waals surface area contributed by atoms with Crippen molar-refractivity contribution >= 4 is 41.0 Å². The molecule has 0 aromatic rings. The van der Waals surface area contributed by atoms with Gasteiger partial charge in [0, 0.05) is 0 Å². The van der Waals surface area contributed by atoms with Gasteiger partial charge in [-0.2, -0.15) is 0 Å². The Morgan fingerprint density at radius 2 is 1.40 bits per heavy atom. The van der Waals surface area contributed by atoms with Gasteiger partial charge in [0.15, 0.2) is 0 Å². The van der Waals surface area contributed by atoms with Gasteiger partial charge in [-0.25, -0.2) is 0 Å². The van der Waals surface area contributed by atoms with Crippen LogP contribution in [0.3, 0.4) is 0 Å². The first kappa shape index (κ1) is 10.5. The minimum atomic E-state index is 0.389. The zero-order chi connectivity index (χ0) is 7.82. The molecule has 1 aliphatic rings. The zero-order valence-electron chi connectivity index (χ0n) is 5.79. The molecule has 0 unspecified atom stereocenters. The van der Waals surface area contributed by atoms with Crippen molar-refractivity contribution < 1.29 is 0 Å². The lowest BCUT2D eigenvalue weighted by molar-refractivity contribution is 0.730. The Kier molecular flexibility index (Phi) is 8.04. The second-order valence-electron chi connectivity index (χ2n) is 2.04. The van der Waals surface area contributed by atoms with Gasteiger partial charge in [0.05, 0.1) is 3.53 Å². The van der Waals surface area contributed by atoms with Gasteiger partial charge in [0.1, 0.15) is 0 Å². The van der Waals surface area contributed by atoms with Crippen LogP contribution >= 0.6 is 37.5 Å². The summed E-state index contributed by atoms with van der Waals surface area (Å²) >= 11 is 11.4. The highest BCUT2D eigenvalue weighted by molar-refractivity contribution is 8.34. The van der Waals surface area contributed by atoms with Crippen molar-refractivity contribution in [3.05, 3.63) is 12.2 Å². The van der Waals surface area contributed by atoms with E-state index in [0.29, 0.717) is 3.53 Å². The third-order valence-corrected chi connectivity index (χ3v) is 1.16. The van der Waals surface area contributed by atoms with E-state index in [2.05, 4.69) is 49.6 Å². The molecule has 58 valence electrons. The van der Waals surface area contributed by atoms with Gasteiger partial charge >= 0.3 is 0 Å². The van der Waals surface area contributed by atoms with Crippen molar-refractivity contribution in [1.29, 1.82) is 0 Å². The van der Waals surface area contributed by atoms with Crippen LogP contribution in [0.25, 0.3) is 0 Å². The number of thiocarbonyl (C=S) groups is 1. The smallest absolute Gasteiger partial charge is 0.0976 e. The number of rotatable bonds is 0. The van der Waals surface area contributed by atoms with E-state index in [9.17, 15) is 0 Å². The molecule has 0 radical (unpaired) electrons. The van der Waals surface area contributed by atoms with Gasteiger partial charge in [0.2, 0.25) is 0 Å². The molecular weight excluding hydrogens is 180 g/mol. The Morgan fingerprint density at radius 3 is 1.50 bits per heavy atom. The van der Waals surface area contributed by atoms with Gasteiger partial charge < -0.3 is 0 Å². The number of hydrogen-bond donors (Lipinski definition) is 2. The topological polar surface area (TPSA) is 0 Å². The molecular formula is C7H12S3. The normalized spacial score (nSPS) is 15.4. The lowest BCUT2D eigenvalue weighted by Crippen LogP contribution is -1.77. The molecule has 1 aliphatic carbocycles. The molecule has 0 aromatic heterocycles. The second kappa shape index (κ2) is 7.63. The van der Waals surface area contributed by atoms with Gasteiger partial charge in [0.25, 0.3) is 0 Å². The molecule has 0 aromatic carbocycles. The predicted octanol–water partition coefficient (Wildman–Crippen LogP) is 3.25. The highest BCUT2D eigenvalue weighted by Gasteiger charge is 1.87. The maximum atomic E-state index is 4.27. The summed E-state index contributed by atoms with van der Waals surface area (Å²) < 4.78 is 0.389. The Balaban J connectivity index is 0.000000180. The van der Waals surface area contributed by atoms with Crippen molar-refractivity contribution in [2.75, 3.05) is 0 Å². The first-order valence-electron chi connectivity index (χ1n) is 3.30. The molecule has 0 amide bonds. The third-order valence-electron chi connectivity index (χ3n) is 1.16. The third kappa shape index (κ3) is 11.3. The minimum Gasteiger partial charge on any atom is -0.125 e. The average Bonchev–Trinajstić information content (AvgIpc) is 1.90. The minimum absolute atomic E-state index is 0.389. The van der Waals surface area contributed by atoms with Gasteiger partial charge in [-0.3, -0.25) is 0 Å². The Hall–Kier alpha value is 0.530. The van der Waals surface area contributed by atoms with Crippen LogP contribution in [0, 0.1) is 0 Å². The molecule has 0 heterocycles. The van der Waals surface area contributed by atoms with Crippen LogP contribution in [-0.4, -0.2) is 3.53 Å². The Bertz CT molecular complexity index is 106. The van der Waals surface area contributed by atoms with Crippen molar-refractivity contribution in [3.8, 4) is 0 Å². The maximum Gasteiger partial charge on any atom is 0.0976 e. The highest BCUT2D eigenvalue weighted by Crippen LogP contribution is 2.07. The number of allylic oxidation sites excluding steroid dienone is 2. The molecule has 0 aliphatic heterocycles. The predicted molar refractivity (Wildman–Crippen MR) is 58.2 cm³/mol. The Morgan fingerprint density at radius 1 is 1.10 bits per heavy atom. The summed E-state index contributed by atoms with van der Waals surface area (Å²) in [6.07, 6.45) is 10.0. The quantitative estimate of drug-likeness (QED) is 0.337. The SMILES string of the molecule is C1=CCCCC1.S=C(S)S. The summed E-state index contributed by atoms with van der Waals surface area (Å²) in [5.41, 5.74) is 0. The monoisotopic (exact) mass is 192 g/mol. The molecule has 0 fully saturated rings. The van der Waals surface area contributed by atoms with E-state index >= 15 is 0 Å². The van der Waals surface area contributed by atoms with Crippen molar-refractivity contribution in [1.82, 2.24) is 0 Å². The van der Waals surface area contributed by atoms with Crippen LogP contribution in [0.5, 0.6) is 0 Å². The molecule has 0 N–H and O–H groups in total. The van der Waals surface area contributed by atoms with Crippen LogP contribution in [0.4, 0.5) is 0 Å². The summed E-state index contributed by atoms with van der Waals surface area (Å²) in [6.45, 7) is 0. The summed E-state index contributed by atoms with van der Waals surface area (Å²) in [6, 6.07) is 0. The van der Waals surface area contributed by atoms with E-state index in [1.807, 2.05) is 0 Å². The van der Waals surface area contributed by atoms with E-state index in [1.54, 1.807) is 0 Å². The number of hydrogen-bond acceptors (Lipinski definition) is 1. The van der Waals surface area contributed by atoms with E-state index in [-0.39, 0.29) is 0 Å². The zero-order valence-corrected chi connectivity index (χ0v) is 8.39. The lowest BCUT2D eigenvalue weighted by atomic mass is 10.1. The molecule has 0 saturated carbocycles. The second-order valence-corrected chi connectivity index (χ2v) is 4.30. The summed E-state index contributed by atoms with van der Waals surface area (Å²) in [5, 5.41) is 0. The van der Waals surface area contributed by atoms with Crippen molar-refractivity contribution in [2.24, 2.45) is 0 Å². The van der Waals surface area contributed by atoms with Crippen LogP contribution < -0.4 is 0 Å². The first-order chi connectivity index (χ1) is 4.73. The Labute approximate surface area is 78.9 Å². The molecule has 0 spiro atoms. The van der Waals surface area contributed by atoms with Gasteiger partial charge in [-0.05, 0) is 25.7 Å². The van der Waals surface area contributed by atoms with Crippen molar-refractivity contribution in [2.45, 2.75) is 25.7 Å². The fourth-order valence-electron chi connectivity index (χ4n) is 0.760. The van der Waals surface area contributed by atoms with Crippen LogP contribution in [0.1, 0.15) is 25.7 Å². The summed E-state index contributed by atoms with van der Waals surface area (Å²) in [7, 11) is 0. The largest absolute Gasteiger partial charge is 0.125 e. The molecule has 0 bridgehead atoms. The number of thiol groups is 2. The maximum absolute atomic E-state index is 4.27. The van der Waals surface area contributed by atoms with Crippen LogP contribution in [0.2, 0.25) is 0 Å². The van der Waals surface area contributed by atoms with E-state index in [0.717, 1.165) is 0 Å². The molecule has 10 heavy (non-hydrogen) atoms. The standard InChI is InChI=1S/C6H10.CH2S3/c1-2-4-6-5-3-1;2-1(3)4/h1-2H,3-6H2;(H2,2,3,4). The highest BCUT2D eigenvalue weighted by atomic mass is 32.2. The van der Waals surface area contributed by atoms with E-state index < -0.39 is 0 Å². The fourth-order valence-corrected chi connectivity index (χ4v) is 0.760. The van der Waals surface area contributed by atoms with Crippen molar-refractivity contribution in [3.63, 3.8) is 0 Å². The summed E-state index contributed by atoms with van der Waals surface area (Å²) in [5.74, 6) is 0. The molecule has 0 atom stereocenters. The lowest BCUT2D eigenvalue weighted by Gasteiger charge is -1.97. The first-order valence-corrected chi connectivity index (χ1v) is 4.60. The molecule has 0 nitrogen and oxygen atoms in total. The van der Waals surface area contributed by atoms with Gasteiger partial charge in [-0.15, -0.1) is 25.3 Å². The molecule has 3 heteroatoms. The fraction of sp³-hybridized carbons (Fsp3) is 0.571. The summed E-state index contributed by atoms with van der Waals surface area (Å²) in [4.78, 5) is 0. The van der Waals surface area contributed by atoms with E-state index in [4.69, 9.17) is 0 Å². The van der Waals surface area contributed by atoms with E-state index in [1.165, 1.54) is 25.7 Å². The van der Waals surface area contributed by atoms with Crippen LogP contribution in [-0.2, 0) is 0 Å². The van der Waals surface area contributed by atoms with Crippen LogP contribution in [0.15, 0.2) is 12.2 Å². The molecule has 0 saturated heterocycles.